The van der Waals surface area contributed by atoms with Crippen molar-refractivity contribution in [2.24, 2.45) is 0 Å². The van der Waals surface area contributed by atoms with Gasteiger partial charge in [0.15, 0.2) is 5.82 Å². The predicted octanol–water partition coefficient (Wildman–Crippen LogP) is 9.52. The minimum Gasteiger partial charge on any atom is -0.265 e. The highest BCUT2D eigenvalue weighted by Gasteiger charge is 2.13. The van der Waals surface area contributed by atoms with E-state index in [4.69, 9.17) is 9.97 Å². The Bertz CT molecular complexity index is 1980. The third kappa shape index (κ3) is 5.15. The quantitative estimate of drug-likeness (QED) is 0.200. The van der Waals surface area contributed by atoms with Crippen molar-refractivity contribution in [1.29, 1.82) is 0 Å². The lowest BCUT2D eigenvalue weighted by molar-refractivity contribution is 1.18. The Morgan fingerprint density at radius 3 is 1.98 bits per heavy atom. The fourth-order valence-corrected chi connectivity index (χ4v) is 5.58. The molecule has 5 heteroatoms. The zero-order valence-electron chi connectivity index (χ0n) is 21.9. The second-order valence-corrected chi connectivity index (χ2v) is 10.7. The van der Waals surface area contributed by atoms with Crippen molar-refractivity contribution in [2.75, 3.05) is 0 Å². The van der Waals surface area contributed by atoms with Gasteiger partial charge in [-0.05, 0) is 70.8 Å². The number of aromatic nitrogens is 4. The number of benzene rings is 4. The molecule has 0 fully saturated rings. The molecule has 0 spiro atoms. The lowest BCUT2D eigenvalue weighted by atomic mass is 9.97. The van der Waals surface area contributed by atoms with Crippen molar-refractivity contribution in [3.63, 3.8) is 0 Å². The molecule has 41 heavy (non-hydrogen) atoms. The SMILES string of the molecule is Brc1cc(-c2cc(-c3ccc(-c4ccncc4)cc3)nc(-c3ccccc3)n2)cc(-c2cccc3ncccc23)c1. The van der Waals surface area contributed by atoms with E-state index < -0.39 is 0 Å². The Morgan fingerprint density at radius 2 is 1.17 bits per heavy atom. The van der Waals surface area contributed by atoms with Crippen LogP contribution in [0.5, 0.6) is 0 Å². The number of pyridine rings is 2. The highest BCUT2D eigenvalue weighted by atomic mass is 79.9. The van der Waals surface area contributed by atoms with Crippen molar-refractivity contribution in [3.8, 4) is 56.2 Å². The summed E-state index contributed by atoms with van der Waals surface area (Å²) in [6, 6.07) is 41.5. The Balaban J connectivity index is 1.37. The first-order valence-corrected chi connectivity index (χ1v) is 14.1. The van der Waals surface area contributed by atoms with E-state index in [0.717, 1.165) is 65.7 Å². The highest BCUT2D eigenvalue weighted by Crippen LogP contribution is 2.35. The van der Waals surface area contributed by atoms with E-state index in [-0.39, 0.29) is 0 Å². The Morgan fingerprint density at radius 1 is 0.463 bits per heavy atom. The van der Waals surface area contributed by atoms with E-state index in [0.29, 0.717) is 5.82 Å². The molecule has 4 aromatic carbocycles. The van der Waals surface area contributed by atoms with Crippen LogP contribution >= 0.6 is 15.9 Å². The van der Waals surface area contributed by atoms with Crippen LogP contribution in [0.4, 0.5) is 0 Å². The van der Waals surface area contributed by atoms with Gasteiger partial charge in [-0.25, -0.2) is 9.97 Å². The molecular formula is C36H23BrN4. The van der Waals surface area contributed by atoms with Gasteiger partial charge in [-0.2, -0.15) is 0 Å². The van der Waals surface area contributed by atoms with E-state index in [1.54, 1.807) is 0 Å². The first-order valence-electron chi connectivity index (χ1n) is 13.3. The number of nitrogens with zero attached hydrogens (tertiary/aromatic N) is 4. The predicted molar refractivity (Wildman–Crippen MR) is 170 cm³/mol. The summed E-state index contributed by atoms with van der Waals surface area (Å²) in [5.41, 5.74) is 10.2. The molecule has 0 N–H and O–H groups in total. The molecule has 4 nitrogen and oxygen atoms in total. The molecule has 0 aliphatic heterocycles. The number of halogens is 1. The molecule has 0 bridgehead atoms. The fourth-order valence-electron chi connectivity index (χ4n) is 5.09. The minimum atomic E-state index is 0.687. The Kier molecular flexibility index (Phi) is 6.63. The first-order chi connectivity index (χ1) is 20.2. The molecule has 0 amide bonds. The maximum atomic E-state index is 5.05. The van der Waals surface area contributed by atoms with Crippen molar-refractivity contribution >= 4 is 26.8 Å². The smallest absolute Gasteiger partial charge is 0.160 e. The van der Waals surface area contributed by atoms with Gasteiger partial charge in [0.25, 0.3) is 0 Å². The molecule has 0 atom stereocenters. The summed E-state index contributed by atoms with van der Waals surface area (Å²) in [5.74, 6) is 0.687. The molecule has 3 aromatic heterocycles. The van der Waals surface area contributed by atoms with Crippen LogP contribution in [0.1, 0.15) is 0 Å². The maximum absolute atomic E-state index is 5.05. The second-order valence-electron chi connectivity index (χ2n) is 9.75. The van der Waals surface area contributed by atoms with Crippen LogP contribution in [-0.2, 0) is 0 Å². The topological polar surface area (TPSA) is 51.6 Å². The van der Waals surface area contributed by atoms with Crippen LogP contribution in [0, 0.1) is 0 Å². The van der Waals surface area contributed by atoms with Gasteiger partial charge in [-0.1, -0.05) is 88.7 Å². The molecule has 3 heterocycles. The van der Waals surface area contributed by atoms with Gasteiger partial charge in [-0.3, -0.25) is 9.97 Å². The summed E-state index contributed by atoms with van der Waals surface area (Å²) in [6.07, 6.45) is 5.45. The van der Waals surface area contributed by atoms with Gasteiger partial charge in [-0.15, -0.1) is 0 Å². The zero-order chi connectivity index (χ0) is 27.6. The molecule has 0 aliphatic rings. The maximum Gasteiger partial charge on any atom is 0.160 e. The van der Waals surface area contributed by atoms with Crippen LogP contribution in [0.15, 0.2) is 144 Å². The van der Waals surface area contributed by atoms with Gasteiger partial charge < -0.3 is 0 Å². The summed E-state index contributed by atoms with van der Waals surface area (Å²) in [5, 5.41) is 1.11. The van der Waals surface area contributed by atoms with E-state index in [2.05, 4.69) is 92.6 Å². The van der Waals surface area contributed by atoms with Gasteiger partial charge >= 0.3 is 0 Å². The van der Waals surface area contributed by atoms with Gasteiger partial charge in [0.2, 0.25) is 0 Å². The normalized spacial score (nSPS) is 11.0. The van der Waals surface area contributed by atoms with E-state index in [1.807, 2.05) is 73.2 Å². The molecule has 0 aliphatic carbocycles. The van der Waals surface area contributed by atoms with Crippen molar-refractivity contribution in [1.82, 2.24) is 19.9 Å². The van der Waals surface area contributed by atoms with E-state index in [9.17, 15) is 0 Å². The van der Waals surface area contributed by atoms with Crippen LogP contribution < -0.4 is 0 Å². The lowest BCUT2D eigenvalue weighted by Gasteiger charge is -2.12. The monoisotopic (exact) mass is 590 g/mol. The average Bonchev–Trinajstić information content (AvgIpc) is 3.05. The minimum absolute atomic E-state index is 0.687. The highest BCUT2D eigenvalue weighted by molar-refractivity contribution is 9.10. The van der Waals surface area contributed by atoms with Crippen LogP contribution in [-0.4, -0.2) is 19.9 Å². The second kappa shape index (κ2) is 10.9. The molecule has 0 saturated heterocycles. The summed E-state index contributed by atoms with van der Waals surface area (Å²) >= 11 is 3.77. The van der Waals surface area contributed by atoms with E-state index in [1.165, 1.54) is 0 Å². The van der Waals surface area contributed by atoms with Crippen LogP contribution in [0.2, 0.25) is 0 Å². The van der Waals surface area contributed by atoms with Crippen molar-refractivity contribution in [2.45, 2.75) is 0 Å². The summed E-state index contributed by atoms with van der Waals surface area (Å²) in [6.45, 7) is 0. The molecule has 0 radical (unpaired) electrons. The van der Waals surface area contributed by atoms with Gasteiger partial charge in [0, 0.05) is 45.1 Å². The summed E-state index contributed by atoms with van der Waals surface area (Å²) < 4.78 is 0.981. The summed E-state index contributed by atoms with van der Waals surface area (Å²) in [7, 11) is 0. The molecule has 7 rings (SSSR count). The third-order valence-corrected chi connectivity index (χ3v) is 7.56. The molecule has 0 unspecified atom stereocenters. The van der Waals surface area contributed by atoms with Crippen LogP contribution in [0.3, 0.4) is 0 Å². The third-order valence-electron chi connectivity index (χ3n) is 7.10. The number of fused-ring (bicyclic) bond motifs is 1. The fraction of sp³-hybridized carbons (Fsp3) is 0. The van der Waals surface area contributed by atoms with Gasteiger partial charge in [0.05, 0.1) is 16.9 Å². The van der Waals surface area contributed by atoms with Crippen LogP contribution in [0.25, 0.3) is 67.1 Å². The molecule has 194 valence electrons. The average molecular weight is 592 g/mol. The Hall–Kier alpha value is -5.00. The zero-order valence-corrected chi connectivity index (χ0v) is 23.5. The van der Waals surface area contributed by atoms with Gasteiger partial charge in [0.1, 0.15) is 0 Å². The largest absolute Gasteiger partial charge is 0.265 e. The van der Waals surface area contributed by atoms with Crippen molar-refractivity contribution in [3.05, 3.63) is 144 Å². The summed E-state index contributed by atoms with van der Waals surface area (Å²) in [4.78, 5) is 18.7. The standard InChI is InChI=1S/C36H23BrN4/c37-30-21-28(31-8-4-10-33-32(31)9-5-17-39-33)20-29(22-30)35-23-34(40-36(41-35)27-6-2-1-3-7-27)26-13-11-24(12-14-26)25-15-18-38-19-16-25/h1-23H. The van der Waals surface area contributed by atoms with Crippen molar-refractivity contribution < 1.29 is 0 Å². The number of hydrogen-bond acceptors (Lipinski definition) is 4. The Labute approximate surface area is 246 Å². The first kappa shape index (κ1) is 25.0. The number of rotatable bonds is 5. The number of hydrogen-bond donors (Lipinski definition) is 0. The molecule has 7 aromatic rings. The lowest BCUT2D eigenvalue weighted by Crippen LogP contribution is -1.96. The van der Waals surface area contributed by atoms with E-state index >= 15 is 0 Å². The molecule has 0 saturated carbocycles. The molecular weight excluding hydrogens is 568 g/mol.